The van der Waals surface area contributed by atoms with Crippen molar-refractivity contribution in [3.8, 4) is 0 Å². The average molecular weight is 152 g/mol. The summed E-state index contributed by atoms with van der Waals surface area (Å²) < 4.78 is 0. The van der Waals surface area contributed by atoms with Crippen LogP contribution >= 0.6 is 11.3 Å². The zero-order valence-corrected chi connectivity index (χ0v) is 5.89. The Hall–Kier alpha value is -1.03. The summed E-state index contributed by atoms with van der Waals surface area (Å²) in [6.45, 7) is 0.212. The van der Waals surface area contributed by atoms with E-state index in [0.29, 0.717) is 0 Å². The van der Waals surface area contributed by atoms with E-state index in [1.54, 1.807) is 6.07 Å². The van der Waals surface area contributed by atoms with E-state index >= 15 is 0 Å². The molecule has 1 aliphatic rings. The molecule has 50 valence electrons. The van der Waals surface area contributed by atoms with Gasteiger partial charge >= 0.3 is 0 Å². The summed E-state index contributed by atoms with van der Waals surface area (Å²) in [7, 11) is 0. The van der Waals surface area contributed by atoms with Crippen LogP contribution in [-0.2, 0) is 0 Å². The highest BCUT2D eigenvalue weighted by atomic mass is 32.1. The van der Waals surface area contributed by atoms with Gasteiger partial charge in [0.25, 0.3) is 0 Å². The van der Waals surface area contributed by atoms with Crippen molar-refractivity contribution < 1.29 is 4.79 Å². The lowest BCUT2D eigenvalue weighted by atomic mass is 10.2. The number of azo groups is 1. The van der Waals surface area contributed by atoms with Crippen LogP contribution in [0.25, 0.3) is 0 Å². The maximum atomic E-state index is 11.0. The number of thiophene rings is 1. The van der Waals surface area contributed by atoms with Gasteiger partial charge in [0, 0.05) is 0 Å². The van der Waals surface area contributed by atoms with Crippen molar-refractivity contribution in [2.75, 3.05) is 6.54 Å². The number of hydrogen-bond donors (Lipinski definition) is 0. The summed E-state index contributed by atoms with van der Waals surface area (Å²) in [5.74, 6) is 0.0752. The minimum atomic E-state index is 0.0752. The Labute approximate surface area is 61.4 Å². The maximum Gasteiger partial charge on any atom is 0.189 e. The van der Waals surface area contributed by atoms with Gasteiger partial charge in [-0.1, -0.05) is 0 Å². The van der Waals surface area contributed by atoms with E-state index in [0.717, 1.165) is 10.6 Å². The zero-order chi connectivity index (χ0) is 6.97. The molecule has 0 saturated carbocycles. The molecule has 0 aliphatic carbocycles. The Morgan fingerprint density at radius 1 is 1.60 bits per heavy atom. The highest BCUT2D eigenvalue weighted by Crippen LogP contribution is 2.29. The van der Waals surface area contributed by atoms with Gasteiger partial charge in [0.1, 0.15) is 11.5 Å². The first-order valence-corrected chi connectivity index (χ1v) is 3.74. The van der Waals surface area contributed by atoms with Gasteiger partial charge in [-0.25, -0.2) is 0 Å². The van der Waals surface area contributed by atoms with Crippen LogP contribution in [0.15, 0.2) is 21.7 Å². The minimum absolute atomic E-state index is 0.0752. The number of ketones is 1. The van der Waals surface area contributed by atoms with Crippen LogP contribution in [0.3, 0.4) is 0 Å². The molecule has 1 aromatic heterocycles. The van der Waals surface area contributed by atoms with E-state index in [4.69, 9.17) is 0 Å². The normalized spacial score (nSPS) is 15.4. The molecular formula is C6H4N2OS. The fourth-order valence-corrected chi connectivity index (χ4v) is 1.59. The summed E-state index contributed by atoms with van der Waals surface area (Å²) >= 11 is 1.45. The Morgan fingerprint density at radius 2 is 2.50 bits per heavy atom. The van der Waals surface area contributed by atoms with Crippen LogP contribution in [-0.4, -0.2) is 12.3 Å². The largest absolute Gasteiger partial charge is 0.292 e. The van der Waals surface area contributed by atoms with E-state index in [9.17, 15) is 4.79 Å². The van der Waals surface area contributed by atoms with Crippen molar-refractivity contribution >= 4 is 22.1 Å². The molecule has 2 rings (SSSR count). The second-order valence-electron chi connectivity index (χ2n) is 1.96. The molecule has 0 unspecified atom stereocenters. The summed E-state index contributed by atoms with van der Waals surface area (Å²) in [5, 5.41) is 10.1. The molecule has 0 spiro atoms. The number of carbonyl (C=O) groups is 1. The molecule has 1 aliphatic heterocycles. The van der Waals surface area contributed by atoms with Crippen molar-refractivity contribution in [3.05, 3.63) is 17.0 Å². The molecule has 3 nitrogen and oxygen atoms in total. The highest BCUT2D eigenvalue weighted by Gasteiger charge is 2.15. The lowest BCUT2D eigenvalue weighted by Gasteiger charge is -1.98. The number of Topliss-reactive ketones (excluding diaryl/α,β-unsaturated/α-hetero) is 1. The van der Waals surface area contributed by atoms with Crippen LogP contribution in [0.5, 0.6) is 0 Å². The molecule has 0 aromatic carbocycles. The van der Waals surface area contributed by atoms with E-state index in [2.05, 4.69) is 10.2 Å². The number of fused-ring (bicyclic) bond motifs is 1. The highest BCUT2D eigenvalue weighted by molar-refractivity contribution is 7.14. The third-order valence-electron chi connectivity index (χ3n) is 1.32. The van der Waals surface area contributed by atoms with Gasteiger partial charge in [0.05, 0.1) is 5.56 Å². The molecule has 1 aromatic rings. The Balaban J connectivity index is 2.62. The second-order valence-corrected chi connectivity index (χ2v) is 2.86. The van der Waals surface area contributed by atoms with Gasteiger partial charge in [-0.05, 0) is 11.4 Å². The van der Waals surface area contributed by atoms with Gasteiger partial charge < -0.3 is 0 Å². The summed E-state index contributed by atoms with van der Waals surface area (Å²) in [4.78, 5) is 11.0. The monoisotopic (exact) mass is 152 g/mol. The van der Waals surface area contributed by atoms with Crippen molar-refractivity contribution in [2.24, 2.45) is 10.2 Å². The molecule has 0 bridgehead atoms. The van der Waals surface area contributed by atoms with E-state index in [-0.39, 0.29) is 12.3 Å². The third-order valence-corrected chi connectivity index (χ3v) is 2.12. The van der Waals surface area contributed by atoms with Crippen molar-refractivity contribution in [3.63, 3.8) is 0 Å². The van der Waals surface area contributed by atoms with Gasteiger partial charge in [-0.2, -0.15) is 5.11 Å². The van der Waals surface area contributed by atoms with Crippen LogP contribution < -0.4 is 0 Å². The first-order chi connectivity index (χ1) is 4.88. The van der Waals surface area contributed by atoms with Crippen molar-refractivity contribution in [2.45, 2.75) is 0 Å². The number of nitrogens with zero attached hydrogens (tertiary/aromatic N) is 2. The standard InChI is InChI=1S/C6H4N2OS/c9-5-3-7-8-6-4(5)1-2-10-6/h1-2H,3H2. The van der Waals surface area contributed by atoms with E-state index in [1.165, 1.54) is 11.3 Å². The predicted octanol–water partition coefficient (Wildman–Crippen LogP) is 2.03. The number of rotatable bonds is 0. The molecule has 10 heavy (non-hydrogen) atoms. The fourth-order valence-electron chi connectivity index (χ4n) is 0.840. The van der Waals surface area contributed by atoms with Crippen molar-refractivity contribution in [1.82, 2.24) is 0 Å². The summed E-state index contributed by atoms with van der Waals surface area (Å²) in [6, 6.07) is 1.79. The molecule has 0 radical (unpaired) electrons. The smallest absolute Gasteiger partial charge is 0.189 e. The van der Waals surface area contributed by atoms with Gasteiger partial charge in [0.15, 0.2) is 5.78 Å². The summed E-state index contributed by atoms with van der Waals surface area (Å²) in [5.41, 5.74) is 0.722. The van der Waals surface area contributed by atoms with Gasteiger partial charge in [0.2, 0.25) is 0 Å². The number of hydrogen-bond acceptors (Lipinski definition) is 4. The molecule has 0 fully saturated rings. The maximum absolute atomic E-state index is 11.0. The molecular weight excluding hydrogens is 148 g/mol. The summed E-state index contributed by atoms with van der Waals surface area (Å²) in [6.07, 6.45) is 0. The Bertz CT molecular complexity index is 302. The Morgan fingerprint density at radius 3 is 3.30 bits per heavy atom. The van der Waals surface area contributed by atoms with Crippen LogP contribution in [0.4, 0.5) is 5.00 Å². The van der Waals surface area contributed by atoms with Gasteiger partial charge in [-0.15, -0.1) is 16.5 Å². The van der Waals surface area contributed by atoms with E-state index in [1.807, 2.05) is 5.38 Å². The number of carbonyl (C=O) groups excluding carboxylic acids is 1. The van der Waals surface area contributed by atoms with E-state index < -0.39 is 0 Å². The predicted molar refractivity (Wildman–Crippen MR) is 38.0 cm³/mol. The van der Waals surface area contributed by atoms with Crippen LogP contribution in [0, 0.1) is 0 Å². The Kier molecular flexibility index (Phi) is 1.14. The average Bonchev–Trinajstić information content (AvgIpc) is 2.36. The third kappa shape index (κ3) is 0.690. The first-order valence-electron chi connectivity index (χ1n) is 2.86. The topological polar surface area (TPSA) is 41.8 Å². The second kappa shape index (κ2) is 1.98. The first kappa shape index (κ1) is 5.73. The fraction of sp³-hybridized carbons (Fsp3) is 0.167. The molecule has 2 heterocycles. The minimum Gasteiger partial charge on any atom is -0.292 e. The quantitative estimate of drug-likeness (QED) is 0.560. The zero-order valence-electron chi connectivity index (χ0n) is 5.07. The molecule has 0 atom stereocenters. The molecule has 0 amide bonds. The lowest BCUT2D eigenvalue weighted by molar-refractivity contribution is 0.0998. The molecule has 0 saturated heterocycles. The van der Waals surface area contributed by atoms with Crippen LogP contribution in [0.1, 0.15) is 10.4 Å². The van der Waals surface area contributed by atoms with Crippen LogP contribution in [0.2, 0.25) is 0 Å². The molecule has 0 N–H and O–H groups in total. The molecule has 4 heteroatoms. The lowest BCUT2D eigenvalue weighted by Crippen LogP contribution is -2.03. The van der Waals surface area contributed by atoms with Gasteiger partial charge in [-0.3, -0.25) is 4.79 Å². The van der Waals surface area contributed by atoms with Crippen molar-refractivity contribution in [1.29, 1.82) is 0 Å². The SMILES string of the molecule is O=C1CN=Nc2sccc21.